The molecule has 0 aliphatic rings. The zero-order valence-corrected chi connectivity index (χ0v) is 19.8. The molecule has 0 atom stereocenters. The number of aliphatic imine (C=N–C) groups is 1. The summed E-state index contributed by atoms with van der Waals surface area (Å²) in [7, 11) is 0. The number of benzene rings is 1. The standard InChI is InChI=1S/C21H33N5O2.HI/c1-3-5-12-27-14-15-28-13-11-23-21(22-4-2)24-16-19-17-25-26(18-19)20-9-7-6-8-10-20;/h6-10,17-18H,3-5,11-16H2,1-2H3,(H2,22,23,24);1H. The first kappa shape index (κ1) is 25.4. The smallest absolute Gasteiger partial charge is 0.191 e. The second-order valence-corrected chi connectivity index (χ2v) is 6.33. The maximum absolute atomic E-state index is 5.57. The summed E-state index contributed by atoms with van der Waals surface area (Å²) < 4.78 is 12.9. The summed E-state index contributed by atoms with van der Waals surface area (Å²) in [6.07, 6.45) is 6.12. The van der Waals surface area contributed by atoms with Crippen LogP contribution in [0.1, 0.15) is 32.3 Å². The molecule has 0 bridgehead atoms. The quantitative estimate of drug-likeness (QED) is 0.185. The van der Waals surface area contributed by atoms with E-state index in [1.807, 2.05) is 47.4 Å². The molecule has 0 saturated heterocycles. The summed E-state index contributed by atoms with van der Waals surface area (Å²) in [6, 6.07) is 10.1. The van der Waals surface area contributed by atoms with Crippen molar-refractivity contribution in [2.45, 2.75) is 33.2 Å². The third kappa shape index (κ3) is 10.6. The van der Waals surface area contributed by atoms with E-state index >= 15 is 0 Å². The van der Waals surface area contributed by atoms with Gasteiger partial charge in [-0.1, -0.05) is 31.5 Å². The molecule has 0 aliphatic carbocycles. The lowest BCUT2D eigenvalue weighted by Crippen LogP contribution is -2.39. The number of aromatic nitrogens is 2. The second-order valence-electron chi connectivity index (χ2n) is 6.33. The largest absolute Gasteiger partial charge is 0.379 e. The third-order valence-electron chi connectivity index (χ3n) is 3.97. The minimum Gasteiger partial charge on any atom is -0.379 e. The zero-order valence-electron chi connectivity index (χ0n) is 17.5. The topological polar surface area (TPSA) is 72.7 Å². The summed E-state index contributed by atoms with van der Waals surface area (Å²) in [6.45, 7) is 8.99. The Morgan fingerprint density at radius 2 is 1.79 bits per heavy atom. The van der Waals surface area contributed by atoms with Crippen LogP contribution < -0.4 is 10.6 Å². The molecule has 1 aromatic carbocycles. The number of halogens is 1. The van der Waals surface area contributed by atoms with Crippen molar-refractivity contribution in [2.75, 3.05) is 39.5 Å². The van der Waals surface area contributed by atoms with Gasteiger partial charge in [-0.15, -0.1) is 24.0 Å². The Labute approximate surface area is 191 Å². The van der Waals surface area contributed by atoms with Gasteiger partial charge in [-0.25, -0.2) is 9.67 Å². The molecule has 0 aliphatic heterocycles. The van der Waals surface area contributed by atoms with Gasteiger partial charge in [0, 0.05) is 31.5 Å². The molecule has 162 valence electrons. The minimum absolute atomic E-state index is 0. The van der Waals surface area contributed by atoms with Gasteiger partial charge < -0.3 is 20.1 Å². The molecule has 2 aromatic rings. The van der Waals surface area contributed by atoms with E-state index in [-0.39, 0.29) is 24.0 Å². The number of para-hydroxylation sites is 1. The van der Waals surface area contributed by atoms with Crippen LogP contribution in [-0.4, -0.2) is 55.3 Å². The van der Waals surface area contributed by atoms with E-state index in [1.165, 1.54) is 0 Å². The van der Waals surface area contributed by atoms with E-state index in [0.717, 1.165) is 43.2 Å². The SMILES string of the molecule is CCCCOCCOCCNC(=NCc1cnn(-c2ccccc2)c1)NCC.I. The maximum atomic E-state index is 5.57. The van der Waals surface area contributed by atoms with Crippen LogP contribution in [-0.2, 0) is 16.0 Å². The first-order valence-electron chi connectivity index (χ1n) is 10.1. The fourth-order valence-corrected chi connectivity index (χ4v) is 2.49. The first-order chi connectivity index (χ1) is 13.8. The number of nitrogens with zero attached hydrogens (tertiary/aromatic N) is 3. The third-order valence-corrected chi connectivity index (χ3v) is 3.97. The molecular weight excluding hydrogens is 481 g/mol. The Morgan fingerprint density at radius 3 is 2.52 bits per heavy atom. The van der Waals surface area contributed by atoms with Gasteiger partial charge in [0.2, 0.25) is 0 Å². The molecule has 2 N–H and O–H groups in total. The van der Waals surface area contributed by atoms with Gasteiger partial charge >= 0.3 is 0 Å². The van der Waals surface area contributed by atoms with E-state index < -0.39 is 0 Å². The number of rotatable bonds is 13. The average Bonchev–Trinajstić information content (AvgIpc) is 3.20. The van der Waals surface area contributed by atoms with Crippen molar-refractivity contribution in [3.63, 3.8) is 0 Å². The molecule has 2 rings (SSSR count). The Bertz CT molecular complexity index is 679. The number of unbranched alkanes of at least 4 members (excludes halogenated alkanes) is 1. The van der Waals surface area contributed by atoms with Crippen LogP contribution in [0, 0.1) is 0 Å². The Hall–Kier alpha value is -1.65. The summed E-state index contributed by atoms with van der Waals surface area (Å²) in [4.78, 5) is 4.62. The molecule has 0 unspecified atom stereocenters. The van der Waals surface area contributed by atoms with Crippen molar-refractivity contribution in [2.24, 2.45) is 4.99 Å². The Balaban J connectivity index is 0.00000420. The van der Waals surface area contributed by atoms with E-state index in [2.05, 4.69) is 34.6 Å². The molecule has 7 nitrogen and oxygen atoms in total. The van der Waals surface area contributed by atoms with Crippen LogP contribution >= 0.6 is 24.0 Å². The van der Waals surface area contributed by atoms with Crippen LogP contribution in [0.3, 0.4) is 0 Å². The zero-order chi connectivity index (χ0) is 19.9. The van der Waals surface area contributed by atoms with Gasteiger partial charge in [0.05, 0.1) is 38.2 Å². The van der Waals surface area contributed by atoms with Gasteiger partial charge in [-0.3, -0.25) is 0 Å². The van der Waals surface area contributed by atoms with Crippen molar-refractivity contribution in [1.29, 1.82) is 0 Å². The van der Waals surface area contributed by atoms with Crippen LogP contribution in [0.5, 0.6) is 0 Å². The molecule has 0 fully saturated rings. The summed E-state index contributed by atoms with van der Waals surface area (Å²) in [5, 5.41) is 10.9. The van der Waals surface area contributed by atoms with Crippen LogP contribution in [0.4, 0.5) is 0 Å². The highest BCUT2D eigenvalue weighted by atomic mass is 127. The van der Waals surface area contributed by atoms with Gasteiger partial charge in [0.25, 0.3) is 0 Å². The first-order valence-corrected chi connectivity index (χ1v) is 10.1. The van der Waals surface area contributed by atoms with Gasteiger partial charge in [-0.05, 0) is 25.5 Å². The number of guanidine groups is 1. The van der Waals surface area contributed by atoms with E-state index in [1.54, 1.807) is 0 Å². The maximum Gasteiger partial charge on any atom is 0.191 e. The Kier molecular flexibility index (Phi) is 14.2. The fourth-order valence-electron chi connectivity index (χ4n) is 2.49. The summed E-state index contributed by atoms with van der Waals surface area (Å²) >= 11 is 0. The van der Waals surface area contributed by atoms with Crippen molar-refractivity contribution in [3.8, 4) is 5.69 Å². The molecule has 1 aromatic heterocycles. The molecule has 0 radical (unpaired) electrons. The van der Waals surface area contributed by atoms with Crippen molar-refractivity contribution in [1.82, 2.24) is 20.4 Å². The lowest BCUT2D eigenvalue weighted by Gasteiger charge is -2.11. The molecule has 1 heterocycles. The highest BCUT2D eigenvalue weighted by Crippen LogP contribution is 2.08. The number of hydrogen-bond acceptors (Lipinski definition) is 4. The van der Waals surface area contributed by atoms with E-state index in [4.69, 9.17) is 9.47 Å². The predicted octanol–water partition coefficient (Wildman–Crippen LogP) is 3.38. The summed E-state index contributed by atoms with van der Waals surface area (Å²) in [5.74, 6) is 0.776. The number of hydrogen-bond donors (Lipinski definition) is 2. The molecular formula is C21H34IN5O2. The van der Waals surface area contributed by atoms with Crippen molar-refractivity contribution < 1.29 is 9.47 Å². The van der Waals surface area contributed by atoms with Crippen molar-refractivity contribution in [3.05, 3.63) is 48.3 Å². The highest BCUT2D eigenvalue weighted by Gasteiger charge is 2.02. The summed E-state index contributed by atoms with van der Waals surface area (Å²) in [5.41, 5.74) is 2.10. The normalized spacial score (nSPS) is 11.2. The average molecular weight is 515 g/mol. The van der Waals surface area contributed by atoms with Gasteiger partial charge in [0.15, 0.2) is 5.96 Å². The molecule has 0 saturated carbocycles. The molecule has 8 heteroatoms. The van der Waals surface area contributed by atoms with E-state index in [0.29, 0.717) is 32.9 Å². The highest BCUT2D eigenvalue weighted by molar-refractivity contribution is 14.0. The number of ether oxygens (including phenoxy) is 2. The molecule has 29 heavy (non-hydrogen) atoms. The fraction of sp³-hybridized carbons (Fsp3) is 0.524. The van der Waals surface area contributed by atoms with Crippen LogP contribution in [0.2, 0.25) is 0 Å². The molecule has 0 amide bonds. The van der Waals surface area contributed by atoms with Crippen molar-refractivity contribution >= 4 is 29.9 Å². The van der Waals surface area contributed by atoms with Crippen LogP contribution in [0.15, 0.2) is 47.7 Å². The number of nitrogens with one attached hydrogen (secondary N) is 2. The Morgan fingerprint density at radius 1 is 1.03 bits per heavy atom. The monoisotopic (exact) mass is 515 g/mol. The lowest BCUT2D eigenvalue weighted by atomic mass is 10.3. The van der Waals surface area contributed by atoms with Crippen LogP contribution in [0.25, 0.3) is 5.69 Å². The predicted molar refractivity (Wildman–Crippen MR) is 128 cm³/mol. The van der Waals surface area contributed by atoms with Gasteiger partial charge in [0.1, 0.15) is 0 Å². The minimum atomic E-state index is 0. The lowest BCUT2D eigenvalue weighted by molar-refractivity contribution is 0.0487. The van der Waals surface area contributed by atoms with E-state index in [9.17, 15) is 0 Å². The van der Waals surface area contributed by atoms with Gasteiger partial charge in [-0.2, -0.15) is 5.10 Å². The second kappa shape index (κ2) is 16.2. The molecule has 0 spiro atoms.